The van der Waals surface area contributed by atoms with Crippen LogP contribution in [-0.4, -0.2) is 48.0 Å². The van der Waals surface area contributed by atoms with E-state index in [-0.39, 0.29) is 36.2 Å². The Balaban J connectivity index is 0.00000225. The monoisotopic (exact) mass is 368 g/mol. The molecule has 1 amide bonds. The molecule has 0 atom stereocenters. The molecule has 3 rings (SSSR count). The maximum Gasteiger partial charge on any atom is 0.292 e. The Morgan fingerprint density at radius 2 is 1.88 bits per heavy atom. The highest BCUT2D eigenvalue weighted by molar-refractivity contribution is 5.94. The highest BCUT2D eigenvalue weighted by atomic mass is 35.5. The van der Waals surface area contributed by atoms with E-state index in [2.05, 4.69) is 15.5 Å². The number of nitro benzene ring substituents is 1. The van der Waals surface area contributed by atoms with E-state index < -0.39 is 4.92 Å². The van der Waals surface area contributed by atoms with E-state index >= 15 is 0 Å². The first-order chi connectivity index (χ1) is 11.6. The molecule has 0 aromatic heterocycles. The third kappa shape index (κ3) is 5.95. The maximum absolute atomic E-state index is 12.2. The number of para-hydroxylation sites is 2. The second kappa shape index (κ2) is 9.12. The largest absolute Gasteiger partial charge is 0.319 e. The van der Waals surface area contributed by atoms with E-state index in [4.69, 9.17) is 0 Å². The first-order valence-electron chi connectivity index (χ1n) is 8.61. The summed E-state index contributed by atoms with van der Waals surface area (Å²) in [6.07, 6.45) is 4.81. The summed E-state index contributed by atoms with van der Waals surface area (Å²) in [7, 11) is 0. The lowest BCUT2D eigenvalue weighted by Crippen LogP contribution is -2.45. The van der Waals surface area contributed by atoms with Gasteiger partial charge in [0.25, 0.3) is 5.69 Å². The Morgan fingerprint density at radius 1 is 1.20 bits per heavy atom. The van der Waals surface area contributed by atoms with Gasteiger partial charge >= 0.3 is 0 Å². The summed E-state index contributed by atoms with van der Waals surface area (Å²) in [6.45, 7) is 3.17. The molecular weight excluding hydrogens is 344 g/mol. The normalized spacial score (nSPS) is 18.4. The average Bonchev–Trinajstić information content (AvgIpc) is 3.39. The maximum atomic E-state index is 12.2. The molecule has 0 unspecified atom stereocenters. The third-order valence-electron chi connectivity index (χ3n) is 4.72. The molecule has 2 N–H and O–H groups in total. The van der Waals surface area contributed by atoms with Gasteiger partial charge in [-0.2, -0.15) is 0 Å². The average molecular weight is 369 g/mol. The summed E-state index contributed by atoms with van der Waals surface area (Å²) in [5, 5.41) is 17.3. The molecule has 1 saturated heterocycles. The molecular formula is C17H25ClN4O3. The van der Waals surface area contributed by atoms with Crippen LogP contribution in [0, 0.1) is 16.0 Å². The molecule has 25 heavy (non-hydrogen) atoms. The summed E-state index contributed by atoms with van der Waals surface area (Å²) < 4.78 is 0. The van der Waals surface area contributed by atoms with Gasteiger partial charge in [0.15, 0.2) is 0 Å². The Kier molecular flexibility index (Phi) is 7.16. The molecule has 138 valence electrons. The van der Waals surface area contributed by atoms with Crippen LogP contribution in [0.3, 0.4) is 0 Å². The van der Waals surface area contributed by atoms with Crippen LogP contribution in [0.4, 0.5) is 11.4 Å². The third-order valence-corrected chi connectivity index (χ3v) is 4.72. The lowest BCUT2D eigenvalue weighted by molar-refractivity contribution is -0.383. The molecule has 0 bridgehead atoms. The van der Waals surface area contributed by atoms with Crippen molar-refractivity contribution >= 4 is 29.7 Å². The summed E-state index contributed by atoms with van der Waals surface area (Å²) in [4.78, 5) is 24.8. The number of hydrogen-bond donors (Lipinski definition) is 2. The second-order valence-electron chi connectivity index (χ2n) is 6.72. The smallest absolute Gasteiger partial charge is 0.292 e. The van der Waals surface area contributed by atoms with E-state index in [0.29, 0.717) is 6.04 Å². The quantitative estimate of drug-likeness (QED) is 0.570. The number of piperidine rings is 1. The topological polar surface area (TPSA) is 87.5 Å². The van der Waals surface area contributed by atoms with Crippen molar-refractivity contribution in [2.75, 3.05) is 31.5 Å². The molecule has 1 heterocycles. The minimum Gasteiger partial charge on any atom is -0.319 e. The van der Waals surface area contributed by atoms with Crippen LogP contribution < -0.4 is 10.6 Å². The fourth-order valence-corrected chi connectivity index (χ4v) is 3.08. The summed E-state index contributed by atoms with van der Waals surface area (Å²) in [6, 6.07) is 6.78. The molecule has 0 spiro atoms. The molecule has 0 radical (unpaired) electrons. The van der Waals surface area contributed by atoms with Gasteiger partial charge in [0.1, 0.15) is 5.69 Å². The van der Waals surface area contributed by atoms with Crippen molar-refractivity contribution in [2.45, 2.75) is 31.7 Å². The van der Waals surface area contributed by atoms with Crippen LogP contribution in [0.2, 0.25) is 0 Å². The first-order valence-corrected chi connectivity index (χ1v) is 8.61. The van der Waals surface area contributed by atoms with Gasteiger partial charge in [-0.15, -0.1) is 12.4 Å². The highest BCUT2D eigenvalue weighted by Crippen LogP contribution is 2.28. The number of carbonyl (C=O) groups is 1. The summed E-state index contributed by atoms with van der Waals surface area (Å²) in [5.74, 6) is 0.684. The van der Waals surface area contributed by atoms with Crippen molar-refractivity contribution in [3.05, 3.63) is 34.4 Å². The minimum atomic E-state index is -0.480. The lowest BCUT2D eigenvalue weighted by Gasteiger charge is -2.32. The van der Waals surface area contributed by atoms with Crippen LogP contribution in [-0.2, 0) is 4.79 Å². The molecule has 1 aromatic carbocycles. The van der Waals surface area contributed by atoms with Crippen molar-refractivity contribution in [3.63, 3.8) is 0 Å². The van der Waals surface area contributed by atoms with Gasteiger partial charge < -0.3 is 10.6 Å². The van der Waals surface area contributed by atoms with Crippen LogP contribution >= 0.6 is 12.4 Å². The van der Waals surface area contributed by atoms with Crippen molar-refractivity contribution in [3.8, 4) is 0 Å². The minimum absolute atomic E-state index is 0. The van der Waals surface area contributed by atoms with Gasteiger partial charge in [0.2, 0.25) is 5.91 Å². The zero-order valence-corrected chi connectivity index (χ0v) is 15.0. The van der Waals surface area contributed by atoms with Crippen molar-refractivity contribution in [1.82, 2.24) is 10.2 Å². The Bertz CT molecular complexity index is 601. The van der Waals surface area contributed by atoms with Gasteiger partial charge in [-0.25, -0.2) is 0 Å². The molecule has 1 aliphatic heterocycles. The van der Waals surface area contributed by atoms with E-state index in [1.54, 1.807) is 18.2 Å². The number of nitro groups is 1. The number of hydrogen-bond acceptors (Lipinski definition) is 5. The Morgan fingerprint density at radius 3 is 2.52 bits per heavy atom. The molecule has 1 saturated carbocycles. The predicted octanol–water partition coefficient (Wildman–Crippen LogP) is 2.42. The summed E-state index contributed by atoms with van der Waals surface area (Å²) >= 11 is 0. The first kappa shape index (κ1) is 19.6. The van der Waals surface area contributed by atoms with E-state index in [9.17, 15) is 14.9 Å². The van der Waals surface area contributed by atoms with E-state index in [1.807, 2.05) is 0 Å². The number of nitrogens with one attached hydrogen (secondary N) is 2. The number of nitrogens with zero attached hydrogens (tertiary/aromatic N) is 2. The molecule has 8 heteroatoms. The second-order valence-corrected chi connectivity index (χ2v) is 6.72. The van der Waals surface area contributed by atoms with Crippen molar-refractivity contribution in [1.29, 1.82) is 0 Å². The molecule has 1 aromatic rings. The van der Waals surface area contributed by atoms with Crippen LogP contribution in [0.25, 0.3) is 0 Å². The SMILES string of the molecule is Cl.O=C(CN1CCC(NCC2CC2)CC1)Nc1ccccc1[N+](=O)[O-]. The lowest BCUT2D eigenvalue weighted by atomic mass is 10.0. The number of halogens is 1. The van der Waals surface area contributed by atoms with Crippen molar-refractivity contribution in [2.24, 2.45) is 5.92 Å². The fourth-order valence-electron chi connectivity index (χ4n) is 3.08. The number of anilines is 1. The van der Waals surface area contributed by atoms with Crippen LogP contribution in [0.1, 0.15) is 25.7 Å². The van der Waals surface area contributed by atoms with E-state index in [1.165, 1.54) is 18.9 Å². The fraction of sp³-hybridized carbons (Fsp3) is 0.588. The molecule has 2 fully saturated rings. The van der Waals surface area contributed by atoms with Gasteiger partial charge in [-0.3, -0.25) is 19.8 Å². The summed E-state index contributed by atoms with van der Waals surface area (Å²) in [5.41, 5.74) is 0.183. The highest BCUT2D eigenvalue weighted by Gasteiger charge is 2.25. The van der Waals surface area contributed by atoms with Gasteiger partial charge in [0.05, 0.1) is 11.5 Å². The number of carbonyl (C=O) groups excluding carboxylic acids is 1. The zero-order valence-electron chi connectivity index (χ0n) is 14.1. The Hall–Kier alpha value is -1.70. The van der Waals surface area contributed by atoms with Gasteiger partial charge in [-0.1, -0.05) is 12.1 Å². The van der Waals surface area contributed by atoms with Gasteiger partial charge in [-0.05, 0) is 44.2 Å². The number of likely N-dealkylation sites (tertiary alicyclic amines) is 1. The number of benzene rings is 1. The number of amides is 1. The zero-order chi connectivity index (χ0) is 16.9. The van der Waals surface area contributed by atoms with Crippen molar-refractivity contribution < 1.29 is 9.72 Å². The number of rotatable bonds is 7. The molecule has 7 nitrogen and oxygen atoms in total. The van der Waals surface area contributed by atoms with E-state index in [0.717, 1.165) is 38.4 Å². The van der Waals surface area contributed by atoms with Gasteiger partial charge in [0, 0.05) is 25.2 Å². The van der Waals surface area contributed by atoms with Crippen LogP contribution in [0.15, 0.2) is 24.3 Å². The molecule has 1 aliphatic carbocycles. The predicted molar refractivity (Wildman–Crippen MR) is 99.2 cm³/mol. The van der Waals surface area contributed by atoms with Crippen LogP contribution in [0.5, 0.6) is 0 Å². The Labute approximate surface area is 153 Å². The standard InChI is InChI=1S/C17H24N4O3.ClH/c22-17(19-15-3-1-2-4-16(15)21(23)24)12-20-9-7-14(8-10-20)18-11-13-5-6-13;/h1-4,13-14,18H,5-12H2,(H,19,22);1H. The molecule has 2 aliphatic rings.